The van der Waals surface area contributed by atoms with E-state index in [1.165, 1.54) is 0 Å². The Morgan fingerprint density at radius 2 is 2.11 bits per heavy atom. The van der Waals surface area contributed by atoms with Crippen molar-refractivity contribution < 1.29 is 14.6 Å². The highest BCUT2D eigenvalue weighted by Gasteiger charge is 2.31. The maximum Gasteiger partial charge on any atom is 0.506 e. The van der Waals surface area contributed by atoms with E-state index in [1.807, 2.05) is 55.5 Å². The minimum absolute atomic E-state index is 0.591. The number of hydrogen-bond donors (Lipinski definition) is 1. The van der Waals surface area contributed by atoms with Crippen LogP contribution in [0.5, 0.6) is 0 Å². The molecule has 2 rings (SSSR count). The highest BCUT2D eigenvalue weighted by molar-refractivity contribution is 5.75. The zero-order valence-corrected chi connectivity index (χ0v) is 11.0. The minimum atomic E-state index is -1.21. The monoisotopic (exact) mass is 258 g/mol. The SMILES string of the molecule is CCCC1(OC(=O)O)C=CC(c2ccccc2)=CC1. The number of ether oxygens (including phenoxy) is 1. The standard InChI is InChI=1S/C16H18O3/c1-2-10-16(19-15(17)18)11-8-14(9-12-16)13-6-4-3-5-7-13/h3-9,11H,2,10,12H2,1H3,(H,17,18). The first-order chi connectivity index (χ1) is 9.15. The van der Waals surface area contributed by atoms with Gasteiger partial charge in [0, 0.05) is 6.42 Å². The molecule has 0 saturated carbocycles. The van der Waals surface area contributed by atoms with Crippen LogP contribution < -0.4 is 0 Å². The van der Waals surface area contributed by atoms with Crippen LogP contribution >= 0.6 is 0 Å². The molecule has 0 radical (unpaired) electrons. The smallest absolute Gasteiger partial charge is 0.450 e. The second-order valence-electron chi connectivity index (χ2n) is 4.75. The van der Waals surface area contributed by atoms with E-state index < -0.39 is 11.8 Å². The summed E-state index contributed by atoms with van der Waals surface area (Å²) in [7, 11) is 0. The first-order valence-electron chi connectivity index (χ1n) is 6.52. The molecular weight excluding hydrogens is 240 g/mol. The van der Waals surface area contributed by atoms with Gasteiger partial charge in [0.1, 0.15) is 5.60 Å². The molecule has 1 aliphatic rings. The van der Waals surface area contributed by atoms with E-state index in [-0.39, 0.29) is 0 Å². The fraction of sp³-hybridized carbons (Fsp3) is 0.312. The van der Waals surface area contributed by atoms with Crippen molar-refractivity contribution >= 4 is 11.7 Å². The van der Waals surface area contributed by atoms with Crippen molar-refractivity contribution in [3.05, 3.63) is 54.1 Å². The predicted molar refractivity (Wildman–Crippen MR) is 74.9 cm³/mol. The summed E-state index contributed by atoms with van der Waals surface area (Å²) in [6, 6.07) is 10.0. The summed E-state index contributed by atoms with van der Waals surface area (Å²) < 4.78 is 5.09. The molecule has 1 aromatic rings. The maximum atomic E-state index is 10.8. The number of benzene rings is 1. The minimum Gasteiger partial charge on any atom is -0.450 e. The molecule has 0 bridgehead atoms. The van der Waals surface area contributed by atoms with Crippen LogP contribution in [-0.4, -0.2) is 16.9 Å². The van der Waals surface area contributed by atoms with E-state index in [4.69, 9.17) is 9.84 Å². The van der Waals surface area contributed by atoms with E-state index in [0.717, 1.165) is 17.6 Å². The van der Waals surface area contributed by atoms with E-state index in [9.17, 15) is 4.79 Å². The molecule has 19 heavy (non-hydrogen) atoms. The fourth-order valence-corrected chi connectivity index (χ4v) is 2.41. The van der Waals surface area contributed by atoms with Gasteiger partial charge in [0.25, 0.3) is 0 Å². The third-order valence-electron chi connectivity index (χ3n) is 3.31. The van der Waals surface area contributed by atoms with Gasteiger partial charge in [-0.05, 0) is 23.6 Å². The van der Waals surface area contributed by atoms with Crippen molar-refractivity contribution in [2.45, 2.75) is 31.8 Å². The zero-order chi connectivity index (χ0) is 13.7. The molecule has 0 heterocycles. The Hall–Kier alpha value is -2.03. The quantitative estimate of drug-likeness (QED) is 0.820. The Bertz CT molecular complexity index is 502. The lowest BCUT2D eigenvalue weighted by Gasteiger charge is -2.30. The highest BCUT2D eigenvalue weighted by Crippen LogP contribution is 2.32. The summed E-state index contributed by atoms with van der Waals surface area (Å²) in [5, 5.41) is 8.86. The summed E-state index contributed by atoms with van der Waals surface area (Å²) in [6.07, 6.45) is 6.85. The molecule has 0 amide bonds. The van der Waals surface area contributed by atoms with Crippen LogP contribution in [0.15, 0.2) is 48.6 Å². The Morgan fingerprint density at radius 3 is 2.63 bits per heavy atom. The molecular formula is C16H18O3. The van der Waals surface area contributed by atoms with Gasteiger partial charge in [-0.25, -0.2) is 4.79 Å². The van der Waals surface area contributed by atoms with Crippen LogP contribution in [-0.2, 0) is 4.74 Å². The molecule has 0 aliphatic heterocycles. The lowest BCUT2D eigenvalue weighted by atomic mass is 9.86. The topological polar surface area (TPSA) is 46.5 Å². The van der Waals surface area contributed by atoms with Gasteiger partial charge in [0.05, 0.1) is 0 Å². The number of allylic oxidation sites excluding steroid dienone is 2. The number of rotatable bonds is 4. The third kappa shape index (κ3) is 3.25. The summed E-state index contributed by atoms with van der Waals surface area (Å²) >= 11 is 0. The van der Waals surface area contributed by atoms with E-state index in [2.05, 4.69) is 0 Å². The maximum absolute atomic E-state index is 10.8. The van der Waals surface area contributed by atoms with Crippen molar-refractivity contribution in [2.24, 2.45) is 0 Å². The first-order valence-corrected chi connectivity index (χ1v) is 6.52. The molecule has 0 fully saturated rings. The van der Waals surface area contributed by atoms with Crippen molar-refractivity contribution in [2.75, 3.05) is 0 Å². The summed E-state index contributed by atoms with van der Waals surface area (Å²) in [5.74, 6) is 0. The fourth-order valence-electron chi connectivity index (χ4n) is 2.41. The van der Waals surface area contributed by atoms with Crippen LogP contribution in [0.4, 0.5) is 4.79 Å². The number of carboxylic acid groups (broad SMARTS) is 1. The van der Waals surface area contributed by atoms with Gasteiger partial charge >= 0.3 is 6.16 Å². The molecule has 1 aromatic carbocycles. The summed E-state index contributed by atoms with van der Waals surface area (Å²) in [5.41, 5.74) is 1.55. The van der Waals surface area contributed by atoms with Crippen molar-refractivity contribution in [1.82, 2.24) is 0 Å². The lowest BCUT2D eigenvalue weighted by molar-refractivity contribution is 0.00645. The number of carbonyl (C=O) groups is 1. The second-order valence-corrected chi connectivity index (χ2v) is 4.75. The van der Waals surface area contributed by atoms with Crippen LogP contribution in [0, 0.1) is 0 Å². The zero-order valence-electron chi connectivity index (χ0n) is 11.0. The van der Waals surface area contributed by atoms with Crippen molar-refractivity contribution in [1.29, 1.82) is 0 Å². The second kappa shape index (κ2) is 5.74. The van der Waals surface area contributed by atoms with E-state index in [1.54, 1.807) is 0 Å². The molecule has 1 atom stereocenters. The Morgan fingerprint density at radius 1 is 1.37 bits per heavy atom. The molecule has 0 saturated heterocycles. The molecule has 0 aromatic heterocycles. The molecule has 100 valence electrons. The Labute approximate surface area is 113 Å². The molecule has 1 N–H and O–H groups in total. The predicted octanol–water partition coefficient (Wildman–Crippen LogP) is 4.26. The van der Waals surface area contributed by atoms with Crippen molar-refractivity contribution in [3.8, 4) is 0 Å². The normalized spacial score (nSPS) is 21.8. The number of hydrogen-bond acceptors (Lipinski definition) is 2. The van der Waals surface area contributed by atoms with Gasteiger partial charge in [-0.2, -0.15) is 0 Å². The van der Waals surface area contributed by atoms with Gasteiger partial charge in [-0.15, -0.1) is 0 Å². The molecule has 3 nitrogen and oxygen atoms in total. The van der Waals surface area contributed by atoms with Gasteiger partial charge in [-0.1, -0.05) is 55.8 Å². The largest absolute Gasteiger partial charge is 0.506 e. The molecule has 3 heteroatoms. The van der Waals surface area contributed by atoms with Crippen molar-refractivity contribution in [3.63, 3.8) is 0 Å². The summed E-state index contributed by atoms with van der Waals surface area (Å²) in [4.78, 5) is 10.8. The molecule has 1 unspecified atom stereocenters. The highest BCUT2D eigenvalue weighted by atomic mass is 16.7. The van der Waals surface area contributed by atoms with Crippen LogP contribution in [0.3, 0.4) is 0 Å². The first kappa shape index (κ1) is 13.4. The van der Waals surface area contributed by atoms with Crippen LogP contribution in [0.1, 0.15) is 31.7 Å². The Balaban J connectivity index is 2.17. The van der Waals surface area contributed by atoms with Gasteiger partial charge in [-0.3, -0.25) is 0 Å². The van der Waals surface area contributed by atoms with E-state index >= 15 is 0 Å². The lowest BCUT2D eigenvalue weighted by Crippen LogP contribution is -2.33. The molecule has 0 spiro atoms. The van der Waals surface area contributed by atoms with Crippen LogP contribution in [0.2, 0.25) is 0 Å². The van der Waals surface area contributed by atoms with Gasteiger partial charge < -0.3 is 9.84 Å². The van der Waals surface area contributed by atoms with Crippen LogP contribution in [0.25, 0.3) is 5.57 Å². The van der Waals surface area contributed by atoms with E-state index in [0.29, 0.717) is 12.8 Å². The van der Waals surface area contributed by atoms with Gasteiger partial charge in [0.15, 0.2) is 0 Å². The third-order valence-corrected chi connectivity index (χ3v) is 3.31. The van der Waals surface area contributed by atoms with Gasteiger partial charge in [0.2, 0.25) is 0 Å². The average molecular weight is 258 g/mol. The molecule has 1 aliphatic carbocycles. The summed E-state index contributed by atoms with van der Waals surface area (Å²) in [6.45, 7) is 2.03. The Kier molecular flexibility index (Phi) is 4.05. The average Bonchev–Trinajstić information content (AvgIpc) is 2.40.